The summed E-state index contributed by atoms with van der Waals surface area (Å²) in [6, 6.07) is 0. The summed E-state index contributed by atoms with van der Waals surface area (Å²) in [5, 5.41) is 0. The molecule has 0 N–H and O–H groups in total. The molecule has 0 aromatic carbocycles. The SMILES string of the molecule is [F][Sb-2]([F])([F])([F])[F]. The van der Waals surface area contributed by atoms with Crippen molar-refractivity contribution in [2.75, 3.05) is 0 Å². The molecular weight excluding hydrogens is 217 g/mol. The van der Waals surface area contributed by atoms with E-state index >= 15 is 0 Å². The average Bonchev–Trinajstić information content (AvgIpc) is 0.650. The molecule has 0 aliphatic heterocycles. The van der Waals surface area contributed by atoms with Crippen molar-refractivity contribution in [2.24, 2.45) is 0 Å². The summed E-state index contributed by atoms with van der Waals surface area (Å²) in [6.45, 7) is 0. The van der Waals surface area contributed by atoms with Gasteiger partial charge in [0.15, 0.2) is 0 Å². The Morgan fingerprint density at radius 2 is 0.667 bits per heavy atom. The Morgan fingerprint density at radius 3 is 0.667 bits per heavy atom. The van der Waals surface area contributed by atoms with Crippen LogP contribution in [0.5, 0.6) is 0 Å². The first-order valence-electron chi connectivity index (χ1n) is 0.845. The molecule has 6 heteroatoms. The summed E-state index contributed by atoms with van der Waals surface area (Å²) >= 11 is -9.19. The molecule has 0 heterocycles. The normalized spacial score (nSPS) is 19.2. The number of hydrogen-bond acceptors (Lipinski definition) is 0. The number of halogens is 5. The van der Waals surface area contributed by atoms with E-state index in [-0.39, 0.29) is 0 Å². The van der Waals surface area contributed by atoms with Crippen LogP contribution in [0.4, 0.5) is 14.1 Å². The van der Waals surface area contributed by atoms with Crippen LogP contribution in [0.3, 0.4) is 0 Å². The van der Waals surface area contributed by atoms with Gasteiger partial charge in [0.05, 0.1) is 0 Å². The van der Waals surface area contributed by atoms with E-state index in [1.54, 1.807) is 0 Å². The Balaban J connectivity index is 3.73. The standard InChI is InChI=1S/5FH.Sb/h5*1H;/q;;;;;+3/p-5. The van der Waals surface area contributed by atoms with E-state index in [0.717, 1.165) is 0 Å². The quantitative estimate of drug-likeness (QED) is 0.427. The van der Waals surface area contributed by atoms with Crippen LogP contribution < -0.4 is 0 Å². The summed E-state index contributed by atoms with van der Waals surface area (Å²) < 4.78 is 49.6. The predicted molar refractivity (Wildman–Crippen MR) is 11.3 cm³/mol. The summed E-state index contributed by atoms with van der Waals surface area (Å²) in [5.74, 6) is 0. The van der Waals surface area contributed by atoms with Crippen LogP contribution in [0.25, 0.3) is 0 Å². The van der Waals surface area contributed by atoms with Gasteiger partial charge in [0.25, 0.3) is 0 Å². The second-order valence-corrected chi connectivity index (χ2v) is 4.29. The first kappa shape index (κ1) is 6.47. The maximum atomic E-state index is 9.91. The van der Waals surface area contributed by atoms with E-state index in [0.29, 0.717) is 0 Å². The van der Waals surface area contributed by atoms with E-state index in [4.69, 9.17) is 0 Å². The first-order valence-corrected chi connectivity index (χ1v) is 5.67. The van der Waals surface area contributed by atoms with Crippen LogP contribution in [0.1, 0.15) is 0 Å². The van der Waals surface area contributed by atoms with Crippen molar-refractivity contribution >= 4 is 20.3 Å². The van der Waals surface area contributed by atoms with Gasteiger partial charge in [-0.3, -0.25) is 0 Å². The molecule has 0 rings (SSSR count). The zero-order valence-corrected chi connectivity index (χ0v) is 4.89. The third-order valence-electron chi connectivity index (χ3n) is 0. The molecule has 0 aromatic rings. The van der Waals surface area contributed by atoms with Gasteiger partial charge < -0.3 is 0 Å². The maximum absolute atomic E-state index is 9.91. The minimum atomic E-state index is -9.19. The third kappa shape index (κ3) is 245. The van der Waals surface area contributed by atoms with Gasteiger partial charge in [-0.1, -0.05) is 0 Å². The van der Waals surface area contributed by atoms with Gasteiger partial charge in [-0.05, 0) is 0 Å². The molecule has 0 nitrogen and oxygen atoms in total. The van der Waals surface area contributed by atoms with Crippen molar-refractivity contribution in [3.05, 3.63) is 0 Å². The Labute approximate surface area is 35.0 Å². The van der Waals surface area contributed by atoms with Crippen molar-refractivity contribution in [2.45, 2.75) is 0 Å². The monoisotopic (exact) mass is 216 g/mol. The molecule has 0 saturated heterocycles. The van der Waals surface area contributed by atoms with Gasteiger partial charge in [0.1, 0.15) is 0 Å². The Bertz CT molecular complexity index is 37.1. The van der Waals surface area contributed by atoms with E-state index in [1.165, 1.54) is 0 Å². The molecule has 0 aliphatic rings. The molecule has 0 bridgehead atoms. The summed E-state index contributed by atoms with van der Waals surface area (Å²) in [7, 11) is 0. The van der Waals surface area contributed by atoms with E-state index in [1.807, 2.05) is 0 Å². The fraction of sp³-hybridized carbons (Fsp3) is 0. The molecule has 0 amide bonds. The average molecular weight is 217 g/mol. The zero-order chi connectivity index (χ0) is 5.45. The van der Waals surface area contributed by atoms with Crippen molar-refractivity contribution in [3.63, 3.8) is 0 Å². The van der Waals surface area contributed by atoms with Gasteiger partial charge in [0, 0.05) is 0 Å². The van der Waals surface area contributed by atoms with Crippen LogP contribution in [0.2, 0.25) is 0 Å². The molecule has 0 fully saturated rings. The predicted octanol–water partition coefficient (Wildman–Crippen LogP) is 1.72. The fourth-order valence-corrected chi connectivity index (χ4v) is 0. The molecule has 42 valence electrons. The van der Waals surface area contributed by atoms with Crippen LogP contribution >= 0.6 is 0 Å². The van der Waals surface area contributed by atoms with Crippen LogP contribution in [-0.2, 0) is 0 Å². The van der Waals surface area contributed by atoms with Gasteiger partial charge in [-0.25, -0.2) is 0 Å². The van der Waals surface area contributed by atoms with Gasteiger partial charge in [0.2, 0.25) is 0 Å². The van der Waals surface area contributed by atoms with Gasteiger partial charge in [-0.15, -0.1) is 0 Å². The summed E-state index contributed by atoms with van der Waals surface area (Å²) in [5.41, 5.74) is 0. The van der Waals surface area contributed by atoms with Crippen molar-refractivity contribution < 1.29 is 14.1 Å². The topological polar surface area (TPSA) is 0 Å². The number of hydrogen-bond donors (Lipinski definition) is 0. The van der Waals surface area contributed by atoms with Crippen LogP contribution in [0, 0.1) is 0 Å². The molecule has 0 atom stereocenters. The van der Waals surface area contributed by atoms with Crippen LogP contribution in [0.15, 0.2) is 0 Å². The second kappa shape index (κ2) is 0.996. The third-order valence-corrected chi connectivity index (χ3v) is 0. The Morgan fingerprint density at radius 1 is 0.667 bits per heavy atom. The van der Waals surface area contributed by atoms with Crippen molar-refractivity contribution in [1.29, 1.82) is 0 Å². The summed E-state index contributed by atoms with van der Waals surface area (Å²) in [6.07, 6.45) is 0. The van der Waals surface area contributed by atoms with Gasteiger partial charge >= 0.3 is 34.4 Å². The molecule has 0 aromatic heterocycles. The van der Waals surface area contributed by atoms with Crippen molar-refractivity contribution in [3.8, 4) is 0 Å². The molecule has 6 heavy (non-hydrogen) atoms. The Hall–Kier alpha value is 0.468. The fourth-order valence-electron chi connectivity index (χ4n) is 0. The van der Waals surface area contributed by atoms with Crippen molar-refractivity contribution in [1.82, 2.24) is 0 Å². The minimum absolute atomic E-state index is 9.19. The molecular formula is F5Sb-2. The molecule has 0 radical (unpaired) electrons. The van der Waals surface area contributed by atoms with E-state index < -0.39 is 20.3 Å². The molecule has 0 unspecified atom stereocenters. The summed E-state index contributed by atoms with van der Waals surface area (Å²) in [4.78, 5) is 0. The molecule has 0 spiro atoms. The first-order chi connectivity index (χ1) is 2.24. The zero-order valence-electron chi connectivity index (χ0n) is 2.34. The second-order valence-electron chi connectivity index (χ2n) is 0.639. The van der Waals surface area contributed by atoms with E-state index in [9.17, 15) is 14.1 Å². The Kier molecular flexibility index (Phi) is 1.07. The van der Waals surface area contributed by atoms with Crippen LogP contribution in [-0.4, -0.2) is 20.3 Å². The number of rotatable bonds is 0. The molecule has 0 aliphatic carbocycles. The van der Waals surface area contributed by atoms with E-state index in [2.05, 4.69) is 0 Å². The van der Waals surface area contributed by atoms with Gasteiger partial charge in [-0.2, -0.15) is 0 Å². The molecule has 0 saturated carbocycles.